The van der Waals surface area contributed by atoms with Crippen LogP contribution in [0.2, 0.25) is 0 Å². The van der Waals surface area contributed by atoms with Crippen molar-refractivity contribution in [2.24, 2.45) is 4.99 Å². The van der Waals surface area contributed by atoms with Gasteiger partial charge >= 0.3 is 0 Å². The number of halogens is 1. The largest absolute Gasteiger partial charge is 0.235 e. The van der Waals surface area contributed by atoms with Gasteiger partial charge in [0.15, 0.2) is 0 Å². The molecule has 3 heteroatoms. The Balaban J connectivity index is 0.000000810. The smallest absolute Gasteiger partial charge is 0.211 e. The number of carbonyl (C=O) groups excluding carboxylic acids is 1. The maximum absolute atomic E-state index is 9.78. The molecule has 0 bridgehead atoms. The highest BCUT2D eigenvalue weighted by Crippen LogP contribution is 2.19. The highest BCUT2D eigenvalue weighted by Gasteiger charge is 2.10. The highest BCUT2D eigenvalue weighted by molar-refractivity contribution is 5.85. The van der Waals surface area contributed by atoms with Crippen LogP contribution in [-0.2, 0) is 4.79 Å². The molecule has 0 aromatic rings. The minimum absolute atomic E-state index is 0. The summed E-state index contributed by atoms with van der Waals surface area (Å²) in [7, 11) is 0. The van der Waals surface area contributed by atoms with Gasteiger partial charge in [-0.15, -0.1) is 12.4 Å². The van der Waals surface area contributed by atoms with E-state index in [1.165, 1.54) is 19.3 Å². The summed E-state index contributed by atoms with van der Waals surface area (Å²) in [6, 6.07) is 0.302. The van der Waals surface area contributed by atoms with Gasteiger partial charge in [0.2, 0.25) is 6.08 Å². The lowest BCUT2D eigenvalue weighted by Gasteiger charge is -2.14. The molecule has 0 N–H and O–H groups in total. The molecular formula is C7H12ClNO. The zero-order valence-electron chi connectivity index (χ0n) is 5.88. The molecule has 1 saturated carbocycles. The fourth-order valence-electron chi connectivity index (χ4n) is 1.28. The molecule has 0 aliphatic heterocycles. The Labute approximate surface area is 67.1 Å². The minimum atomic E-state index is 0. The maximum Gasteiger partial charge on any atom is 0.235 e. The van der Waals surface area contributed by atoms with Crippen molar-refractivity contribution in [1.82, 2.24) is 0 Å². The van der Waals surface area contributed by atoms with Crippen LogP contribution in [0.4, 0.5) is 0 Å². The van der Waals surface area contributed by atoms with Gasteiger partial charge in [-0.1, -0.05) is 19.3 Å². The quantitative estimate of drug-likeness (QED) is 0.428. The van der Waals surface area contributed by atoms with Crippen LogP contribution in [0.5, 0.6) is 0 Å². The number of hydrogen-bond donors (Lipinski definition) is 0. The lowest BCUT2D eigenvalue weighted by Crippen LogP contribution is -2.08. The standard InChI is InChI=1S/C7H11NO.ClH/c9-6-8-7-4-2-1-3-5-7;/h7H,1-5H2;1H. The van der Waals surface area contributed by atoms with Crippen molar-refractivity contribution in [2.45, 2.75) is 38.1 Å². The first-order valence-electron chi connectivity index (χ1n) is 3.50. The molecule has 0 unspecified atom stereocenters. The van der Waals surface area contributed by atoms with Crippen LogP contribution in [0.1, 0.15) is 32.1 Å². The van der Waals surface area contributed by atoms with Gasteiger partial charge in [-0.2, -0.15) is 0 Å². The van der Waals surface area contributed by atoms with Gasteiger partial charge in [-0.3, -0.25) is 0 Å². The molecule has 10 heavy (non-hydrogen) atoms. The molecule has 1 aliphatic rings. The summed E-state index contributed by atoms with van der Waals surface area (Å²) in [6.07, 6.45) is 7.57. The molecule has 1 rings (SSSR count). The van der Waals surface area contributed by atoms with Gasteiger partial charge in [0.05, 0.1) is 6.04 Å². The maximum atomic E-state index is 9.78. The number of nitrogens with zero attached hydrogens (tertiary/aromatic N) is 1. The number of aliphatic imine (C=N–C) groups is 1. The van der Waals surface area contributed by atoms with Gasteiger partial charge in [0.25, 0.3) is 0 Å². The summed E-state index contributed by atoms with van der Waals surface area (Å²) in [5.74, 6) is 0. The fraction of sp³-hybridized carbons (Fsp3) is 0.857. The summed E-state index contributed by atoms with van der Waals surface area (Å²) in [6.45, 7) is 0. The molecule has 0 saturated heterocycles. The highest BCUT2D eigenvalue weighted by atomic mass is 35.5. The fourth-order valence-corrected chi connectivity index (χ4v) is 1.28. The predicted octanol–water partition coefficient (Wildman–Crippen LogP) is 2.08. The molecule has 58 valence electrons. The molecule has 0 amide bonds. The summed E-state index contributed by atoms with van der Waals surface area (Å²) >= 11 is 0. The second-order valence-corrected chi connectivity index (χ2v) is 2.51. The second-order valence-electron chi connectivity index (χ2n) is 2.51. The summed E-state index contributed by atoms with van der Waals surface area (Å²) in [5.41, 5.74) is 0. The second kappa shape index (κ2) is 5.45. The van der Waals surface area contributed by atoms with Crippen molar-refractivity contribution in [3.8, 4) is 0 Å². The van der Waals surface area contributed by atoms with E-state index in [-0.39, 0.29) is 12.4 Å². The average Bonchev–Trinajstić information content (AvgIpc) is 1.91. The SMILES string of the molecule is Cl.O=C=NC1CCCCC1. The van der Waals surface area contributed by atoms with Gasteiger partial charge in [-0.25, -0.2) is 9.79 Å². The van der Waals surface area contributed by atoms with Crippen LogP contribution in [0.15, 0.2) is 4.99 Å². The molecule has 1 aliphatic carbocycles. The van der Waals surface area contributed by atoms with Crippen LogP contribution in [0.3, 0.4) is 0 Å². The third-order valence-electron chi connectivity index (χ3n) is 1.81. The Morgan fingerprint density at radius 2 is 1.80 bits per heavy atom. The Morgan fingerprint density at radius 1 is 1.20 bits per heavy atom. The lowest BCUT2D eigenvalue weighted by atomic mass is 9.96. The van der Waals surface area contributed by atoms with E-state index in [1.54, 1.807) is 6.08 Å². The third kappa shape index (κ3) is 3.00. The molecule has 2 nitrogen and oxygen atoms in total. The first kappa shape index (κ1) is 9.67. The summed E-state index contributed by atoms with van der Waals surface area (Å²) in [4.78, 5) is 13.5. The summed E-state index contributed by atoms with van der Waals surface area (Å²) < 4.78 is 0. The van der Waals surface area contributed by atoms with Gasteiger partial charge in [0.1, 0.15) is 0 Å². The predicted molar refractivity (Wildman–Crippen MR) is 42.2 cm³/mol. The lowest BCUT2D eigenvalue weighted by molar-refractivity contribution is 0.439. The Kier molecular flexibility index (Phi) is 5.27. The molecule has 0 aromatic heterocycles. The van der Waals surface area contributed by atoms with E-state index >= 15 is 0 Å². The van der Waals surface area contributed by atoms with Crippen molar-refractivity contribution in [3.63, 3.8) is 0 Å². The van der Waals surface area contributed by atoms with E-state index in [9.17, 15) is 4.79 Å². The molecule has 0 radical (unpaired) electrons. The van der Waals surface area contributed by atoms with Crippen LogP contribution in [0, 0.1) is 0 Å². The number of hydrogen-bond acceptors (Lipinski definition) is 2. The Bertz CT molecular complexity index is 126. The molecule has 0 heterocycles. The summed E-state index contributed by atoms with van der Waals surface area (Å²) in [5, 5.41) is 0. The zero-order valence-corrected chi connectivity index (χ0v) is 6.69. The van der Waals surface area contributed by atoms with E-state index in [0.717, 1.165) is 12.8 Å². The normalized spacial score (nSPS) is 18.8. The first-order valence-corrected chi connectivity index (χ1v) is 3.50. The van der Waals surface area contributed by atoms with E-state index in [0.29, 0.717) is 6.04 Å². The van der Waals surface area contributed by atoms with Crippen molar-refractivity contribution in [1.29, 1.82) is 0 Å². The average molecular weight is 162 g/mol. The van der Waals surface area contributed by atoms with E-state index in [2.05, 4.69) is 4.99 Å². The number of isocyanates is 1. The van der Waals surface area contributed by atoms with Crippen molar-refractivity contribution < 1.29 is 4.79 Å². The monoisotopic (exact) mass is 161 g/mol. The van der Waals surface area contributed by atoms with Crippen LogP contribution in [0.25, 0.3) is 0 Å². The Morgan fingerprint density at radius 3 is 2.30 bits per heavy atom. The Hall–Kier alpha value is -0.330. The third-order valence-corrected chi connectivity index (χ3v) is 1.81. The minimum Gasteiger partial charge on any atom is -0.211 e. The van der Waals surface area contributed by atoms with Crippen LogP contribution in [-0.4, -0.2) is 12.1 Å². The van der Waals surface area contributed by atoms with Crippen molar-refractivity contribution >= 4 is 18.5 Å². The first-order chi connectivity index (χ1) is 4.43. The van der Waals surface area contributed by atoms with E-state index < -0.39 is 0 Å². The molecular weight excluding hydrogens is 150 g/mol. The van der Waals surface area contributed by atoms with Crippen LogP contribution >= 0.6 is 12.4 Å². The van der Waals surface area contributed by atoms with Crippen molar-refractivity contribution in [3.05, 3.63) is 0 Å². The zero-order chi connectivity index (χ0) is 6.53. The number of rotatable bonds is 1. The van der Waals surface area contributed by atoms with E-state index in [1.807, 2.05) is 0 Å². The van der Waals surface area contributed by atoms with Crippen LogP contribution < -0.4 is 0 Å². The van der Waals surface area contributed by atoms with Crippen molar-refractivity contribution in [2.75, 3.05) is 0 Å². The van der Waals surface area contributed by atoms with Gasteiger partial charge in [-0.05, 0) is 12.8 Å². The molecule has 0 spiro atoms. The topological polar surface area (TPSA) is 29.4 Å². The molecule has 1 fully saturated rings. The molecule has 0 aromatic carbocycles. The van der Waals surface area contributed by atoms with Gasteiger partial charge < -0.3 is 0 Å². The van der Waals surface area contributed by atoms with E-state index in [4.69, 9.17) is 0 Å². The molecule has 0 atom stereocenters. The van der Waals surface area contributed by atoms with Gasteiger partial charge in [0, 0.05) is 0 Å².